The van der Waals surface area contributed by atoms with Gasteiger partial charge in [-0.1, -0.05) is 24.3 Å². The van der Waals surface area contributed by atoms with Gasteiger partial charge in [0.05, 0.1) is 19.8 Å². The van der Waals surface area contributed by atoms with E-state index in [1.165, 1.54) is 0 Å². The standard InChI is InChI=1S/C17H18O4/c1-20-15-10-8-12(11-16(15)21-2)7-9-13-5-3-4-6-14(13)17(18)19/h3-6,8,10-11H,7,9H2,1-2H3,(H,18,19). The van der Waals surface area contributed by atoms with Gasteiger partial charge in [0.1, 0.15) is 0 Å². The van der Waals surface area contributed by atoms with E-state index in [4.69, 9.17) is 9.47 Å². The molecule has 2 rings (SSSR count). The third-order valence-corrected chi connectivity index (χ3v) is 3.38. The summed E-state index contributed by atoms with van der Waals surface area (Å²) in [6, 6.07) is 12.8. The Bertz CT molecular complexity index is 634. The minimum absolute atomic E-state index is 0.359. The van der Waals surface area contributed by atoms with E-state index in [9.17, 15) is 9.90 Å². The quantitative estimate of drug-likeness (QED) is 0.886. The first-order chi connectivity index (χ1) is 10.2. The summed E-state index contributed by atoms with van der Waals surface area (Å²) >= 11 is 0. The highest BCUT2D eigenvalue weighted by atomic mass is 16.5. The zero-order valence-electron chi connectivity index (χ0n) is 12.1. The van der Waals surface area contributed by atoms with Crippen molar-refractivity contribution in [1.29, 1.82) is 0 Å². The van der Waals surface area contributed by atoms with Gasteiger partial charge in [-0.05, 0) is 42.2 Å². The van der Waals surface area contributed by atoms with Gasteiger partial charge >= 0.3 is 5.97 Å². The van der Waals surface area contributed by atoms with Gasteiger partial charge < -0.3 is 14.6 Å². The number of aryl methyl sites for hydroxylation is 2. The van der Waals surface area contributed by atoms with Crippen molar-refractivity contribution in [3.8, 4) is 11.5 Å². The van der Waals surface area contributed by atoms with Gasteiger partial charge in [-0.3, -0.25) is 0 Å². The summed E-state index contributed by atoms with van der Waals surface area (Å²) in [4.78, 5) is 11.2. The van der Waals surface area contributed by atoms with E-state index in [1.807, 2.05) is 30.3 Å². The number of methoxy groups -OCH3 is 2. The second-order valence-electron chi connectivity index (χ2n) is 4.65. The molecule has 0 heterocycles. The Morgan fingerprint density at radius 1 is 1.00 bits per heavy atom. The van der Waals surface area contributed by atoms with Crippen molar-refractivity contribution in [3.63, 3.8) is 0 Å². The van der Waals surface area contributed by atoms with Crippen molar-refractivity contribution < 1.29 is 19.4 Å². The van der Waals surface area contributed by atoms with Crippen molar-refractivity contribution >= 4 is 5.97 Å². The predicted octanol–water partition coefficient (Wildman–Crippen LogP) is 3.19. The molecule has 0 unspecified atom stereocenters. The van der Waals surface area contributed by atoms with Gasteiger partial charge in [-0.15, -0.1) is 0 Å². The zero-order valence-corrected chi connectivity index (χ0v) is 12.1. The van der Waals surface area contributed by atoms with Gasteiger partial charge in [0.15, 0.2) is 11.5 Å². The molecular weight excluding hydrogens is 268 g/mol. The average molecular weight is 286 g/mol. The van der Waals surface area contributed by atoms with Crippen LogP contribution in [0.4, 0.5) is 0 Å². The molecule has 0 aromatic heterocycles. The molecule has 110 valence electrons. The first kappa shape index (κ1) is 14.9. The van der Waals surface area contributed by atoms with Crippen LogP contribution in [0.15, 0.2) is 42.5 Å². The van der Waals surface area contributed by atoms with Crippen LogP contribution in [0.5, 0.6) is 11.5 Å². The van der Waals surface area contributed by atoms with Gasteiger partial charge in [0.2, 0.25) is 0 Å². The summed E-state index contributed by atoms with van der Waals surface area (Å²) < 4.78 is 10.5. The molecule has 0 bridgehead atoms. The SMILES string of the molecule is COc1ccc(CCc2ccccc2C(=O)O)cc1OC. The van der Waals surface area contributed by atoms with Gasteiger partial charge in [0.25, 0.3) is 0 Å². The average Bonchev–Trinajstić information content (AvgIpc) is 2.52. The van der Waals surface area contributed by atoms with Crippen LogP contribution in [-0.4, -0.2) is 25.3 Å². The molecule has 21 heavy (non-hydrogen) atoms. The van der Waals surface area contributed by atoms with E-state index in [-0.39, 0.29) is 0 Å². The first-order valence-corrected chi connectivity index (χ1v) is 6.67. The molecule has 0 atom stereocenters. The number of carbonyl (C=O) groups is 1. The fourth-order valence-electron chi connectivity index (χ4n) is 2.26. The molecule has 0 saturated carbocycles. The summed E-state index contributed by atoms with van der Waals surface area (Å²) in [5.74, 6) is 0.478. The lowest BCUT2D eigenvalue weighted by atomic mass is 9.99. The zero-order chi connectivity index (χ0) is 15.2. The second kappa shape index (κ2) is 6.79. The van der Waals surface area contributed by atoms with Crippen molar-refractivity contribution in [3.05, 3.63) is 59.2 Å². The molecule has 2 aromatic rings. The molecular formula is C17H18O4. The van der Waals surface area contributed by atoms with E-state index < -0.39 is 5.97 Å². The van der Waals surface area contributed by atoms with Crippen molar-refractivity contribution in [2.75, 3.05) is 14.2 Å². The highest BCUT2D eigenvalue weighted by Crippen LogP contribution is 2.28. The third-order valence-electron chi connectivity index (χ3n) is 3.38. The number of ether oxygens (including phenoxy) is 2. The molecule has 0 fully saturated rings. The molecule has 0 aliphatic heterocycles. The van der Waals surface area contributed by atoms with E-state index in [1.54, 1.807) is 26.4 Å². The van der Waals surface area contributed by atoms with Crippen molar-refractivity contribution in [2.45, 2.75) is 12.8 Å². The van der Waals surface area contributed by atoms with Crippen LogP contribution in [0.25, 0.3) is 0 Å². The van der Waals surface area contributed by atoms with E-state index >= 15 is 0 Å². The maximum Gasteiger partial charge on any atom is 0.335 e. The Hall–Kier alpha value is -2.49. The molecule has 1 N–H and O–H groups in total. The Morgan fingerprint density at radius 2 is 1.71 bits per heavy atom. The summed E-state index contributed by atoms with van der Waals surface area (Å²) in [6.07, 6.45) is 1.41. The summed E-state index contributed by atoms with van der Waals surface area (Å²) in [6.45, 7) is 0. The van der Waals surface area contributed by atoms with Crippen LogP contribution in [0.1, 0.15) is 21.5 Å². The van der Waals surface area contributed by atoms with Crippen LogP contribution < -0.4 is 9.47 Å². The van der Waals surface area contributed by atoms with Gasteiger partial charge in [0, 0.05) is 0 Å². The van der Waals surface area contributed by atoms with E-state index in [0.717, 1.165) is 17.5 Å². The molecule has 0 radical (unpaired) electrons. The molecule has 2 aromatic carbocycles. The smallest absolute Gasteiger partial charge is 0.335 e. The molecule has 0 saturated heterocycles. The van der Waals surface area contributed by atoms with Crippen LogP contribution in [0.2, 0.25) is 0 Å². The Morgan fingerprint density at radius 3 is 2.38 bits per heavy atom. The van der Waals surface area contributed by atoms with Crippen molar-refractivity contribution in [1.82, 2.24) is 0 Å². The Balaban J connectivity index is 2.15. The summed E-state index contributed by atoms with van der Waals surface area (Å²) in [5.41, 5.74) is 2.27. The Labute approximate surface area is 123 Å². The minimum Gasteiger partial charge on any atom is -0.493 e. The normalized spacial score (nSPS) is 10.2. The predicted molar refractivity (Wildman–Crippen MR) is 80.4 cm³/mol. The lowest BCUT2D eigenvalue weighted by Crippen LogP contribution is -2.03. The molecule has 0 amide bonds. The Kier molecular flexibility index (Phi) is 4.82. The van der Waals surface area contributed by atoms with Crippen molar-refractivity contribution in [2.24, 2.45) is 0 Å². The fraction of sp³-hybridized carbons (Fsp3) is 0.235. The van der Waals surface area contributed by atoms with Crippen LogP contribution in [0, 0.1) is 0 Å². The number of benzene rings is 2. The van der Waals surface area contributed by atoms with Gasteiger partial charge in [-0.25, -0.2) is 4.79 Å². The number of hydrogen-bond acceptors (Lipinski definition) is 3. The number of hydrogen-bond donors (Lipinski definition) is 1. The maximum atomic E-state index is 11.2. The molecule has 4 heteroatoms. The highest BCUT2D eigenvalue weighted by Gasteiger charge is 2.10. The molecule has 0 aliphatic carbocycles. The minimum atomic E-state index is -0.891. The fourth-order valence-corrected chi connectivity index (χ4v) is 2.26. The number of carboxylic acid groups (broad SMARTS) is 1. The van der Waals surface area contributed by atoms with Crippen LogP contribution >= 0.6 is 0 Å². The van der Waals surface area contributed by atoms with E-state index in [2.05, 4.69) is 0 Å². The second-order valence-corrected chi connectivity index (χ2v) is 4.65. The topological polar surface area (TPSA) is 55.8 Å². The number of aromatic carboxylic acids is 1. The third kappa shape index (κ3) is 3.54. The largest absolute Gasteiger partial charge is 0.493 e. The molecule has 0 aliphatic rings. The molecule has 0 spiro atoms. The lowest BCUT2D eigenvalue weighted by molar-refractivity contribution is 0.0695. The highest BCUT2D eigenvalue weighted by molar-refractivity contribution is 5.89. The monoisotopic (exact) mass is 286 g/mol. The number of rotatable bonds is 6. The van der Waals surface area contributed by atoms with E-state index in [0.29, 0.717) is 23.5 Å². The maximum absolute atomic E-state index is 11.2. The molecule has 4 nitrogen and oxygen atoms in total. The first-order valence-electron chi connectivity index (χ1n) is 6.67. The lowest BCUT2D eigenvalue weighted by Gasteiger charge is -2.10. The van der Waals surface area contributed by atoms with Gasteiger partial charge in [-0.2, -0.15) is 0 Å². The summed E-state index contributed by atoms with van der Waals surface area (Å²) in [7, 11) is 3.20. The number of carboxylic acids is 1. The van der Waals surface area contributed by atoms with Crippen LogP contribution in [-0.2, 0) is 12.8 Å². The summed E-state index contributed by atoms with van der Waals surface area (Å²) in [5, 5.41) is 9.18. The van der Waals surface area contributed by atoms with Crippen LogP contribution in [0.3, 0.4) is 0 Å².